The highest BCUT2D eigenvalue weighted by atomic mass is 35.5. The van der Waals surface area contributed by atoms with Crippen LogP contribution in [0.2, 0.25) is 5.02 Å². The fraction of sp³-hybridized carbons (Fsp3) is 0.619. The molecule has 2 atom stereocenters. The van der Waals surface area contributed by atoms with Crippen molar-refractivity contribution in [2.75, 3.05) is 32.5 Å². The van der Waals surface area contributed by atoms with Gasteiger partial charge in [0.05, 0.1) is 12.7 Å². The topological polar surface area (TPSA) is 51.9 Å². The molecule has 3 rings (SSSR count). The molecule has 0 bridgehead atoms. The van der Waals surface area contributed by atoms with Gasteiger partial charge in [-0.2, -0.15) is 5.26 Å². The minimum absolute atomic E-state index is 0.284. The van der Waals surface area contributed by atoms with Gasteiger partial charge < -0.3 is 9.64 Å². The molecule has 0 saturated carbocycles. The van der Waals surface area contributed by atoms with Gasteiger partial charge in [-0.1, -0.05) is 35.5 Å². The number of aryl methyl sites for hydroxylation is 1. The third-order valence-corrected chi connectivity index (χ3v) is 6.69. The van der Waals surface area contributed by atoms with Crippen molar-refractivity contribution in [1.29, 1.82) is 5.26 Å². The minimum atomic E-state index is 0.284. The Morgan fingerprint density at radius 2 is 2.04 bits per heavy atom. The summed E-state index contributed by atoms with van der Waals surface area (Å²) in [6, 6.07) is 9.21. The lowest BCUT2D eigenvalue weighted by molar-refractivity contribution is -0.0798. The molecule has 2 heterocycles. The van der Waals surface area contributed by atoms with Crippen molar-refractivity contribution in [2.45, 2.75) is 50.8 Å². The second-order valence-corrected chi connectivity index (χ2v) is 8.79. The van der Waals surface area contributed by atoms with Crippen molar-refractivity contribution in [3.63, 3.8) is 0 Å². The average Bonchev–Trinajstić information content (AvgIpc) is 2.72. The lowest BCUT2D eigenvalue weighted by atomic mass is 9.96. The van der Waals surface area contributed by atoms with Crippen molar-refractivity contribution in [3.05, 3.63) is 34.9 Å². The van der Waals surface area contributed by atoms with E-state index in [1.54, 1.807) is 11.8 Å². The zero-order valence-corrected chi connectivity index (χ0v) is 18.3. The first-order chi connectivity index (χ1) is 13.6. The summed E-state index contributed by atoms with van der Waals surface area (Å²) in [5, 5.41) is 10.5. The predicted octanol–water partition coefficient (Wildman–Crippen LogP) is 4.03. The number of halogens is 1. The van der Waals surface area contributed by atoms with Gasteiger partial charge >= 0.3 is 0 Å². The average molecular weight is 421 g/mol. The summed E-state index contributed by atoms with van der Waals surface area (Å²) in [6.07, 6.45) is 8.55. The molecule has 152 valence electrons. The number of nitriles is 1. The summed E-state index contributed by atoms with van der Waals surface area (Å²) in [7, 11) is 0. The van der Waals surface area contributed by atoms with Crippen molar-refractivity contribution in [3.8, 4) is 6.19 Å². The van der Waals surface area contributed by atoms with Gasteiger partial charge in [-0.05, 0) is 56.6 Å². The molecule has 0 spiro atoms. The molecule has 0 aliphatic carbocycles. The molecule has 2 aliphatic rings. The van der Waals surface area contributed by atoms with Crippen LogP contribution in [0, 0.1) is 11.5 Å². The van der Waals surface area contributed by atoms with Crippen LogP contribution in [0.3, 0.4) is 0 Å². The van der Waals surface area contributed by atoms with Crippen LogP contribution in [0.25, 0.3) is 0 Å². The minimum Gasteiger partial charge on any atom is -0.376 e. The highest BCUT2D eigenvalue weighted by molar-refractivity contribution is 8.13. The third kappa shape index (κ3) is 5.64. The third-order valence-electron chi connectivity index (χ3n) is 5.72. The molecular formula is C21H29ClN4OS. The zero-order valence-electron chi connectivity index (χ0n) is 16.7. The largest absolute Gasteiger partial charge is 0.376 e. The Hall–Kier alpha value is -1.26. The molecule has 2 saturated heterocycles. The Morgan fingerprint density at radius 3 is 2.68 bits per heavy atom. The van der Waals surface area contributed by atoms with Gasteiger partial charge in [-0.15, -0.1) is 4.99 Å². The number of morpholine rings is 1. The Bertz CT molecular complexity index is 697. The molecule has 7 heteroatoms. The van der Waals surface area contributed by atoms with Gasteiger partial charge in [0.15, 0.2) is 5.17 Å². The van der Waals surface area contributed by atoms with E-state index in [9.17, 15) is 0 Å². The number of ether oxygens (including phenoxy) is 1. The molecule has 0 radical (unpaired) electrons. The molecule has 1 aromatic carbocycles. The van der Waals surface area contributed by atoms with Crippen molar-refractivity contribution in [2.24, 2.45) is 4.99 Å². The van der Waals surface area contributed by atoms with Crippen LogP contribution in [0.5, 0.6) is 0 Å². The van der Waals surface area contributed by atoms with E-state index in [2.05, 4.69) is 33.8 Å². The quantitative estimate of drug-likeness (QED) is 0.418. The molecule has 0 N–H and O–H groups in total. The normalized spacial score (nSPS) is 24.9. The van der Waals surface area contributed by atoms with E-state index in [1.807, 2.05) is 24.6 Å². The number of amidine groups is 1. The fourth-order valence-corrected chi connectivity index (χ4v) is 4.93. The molecule has 1 aromatic rings. The smallest absolute Gasteiger partial charge is 0.208 e. The van der Waals surface area contributed by atoms with E-state index in [0.717, 1.165) is 62.1 Å². The Kier molecular flexibility index (Phi) is 8.04. The number of piperidine rings is 1. The maximum Gasteiger partial charge on any atom is 0.208 e. The molecule has 28 heavy (non-hydrogen) atoms. The number of benzene rings is 1. The second-order valence-electron chi connectivity index (χ2n) is 7.58. The molecule has 0 unspecified atom stereocenters. The van der Waals surface area contributed by atoms with Gasteiger partial charge in [-0.25, -0.2) is 0 Å². The van der Waals surface area contributed by atoms with Crippen LogP contribution >= 0.6 is 23.4 Å². The lowest BCUT2D eigenvalue weighted by Crippen LogP contribution is -2.56. The van der Waals surface area contributed by atoms with Crippen molar-refractivity contribution in [1.82, 2.24) is 9.80 Å². The number of rotatable bonds is 4. The van der Waals surface area contributed by atoms with E-state index in [1.165, 1.54) is 5.56 Å². The molecular weight excluding hydrogens is 392 g/mol. The van der Waals surface area contributed by atoms with Gasteiger partial charge in [0, 0.05) is 36.7 Å². The number of nitrogens with zero attached hydrogens (tertiary/aromatic N) is 4. The SMILES string of the molecule is CSC(=NC#N)N1CCC(N2C[C@H](C)OC[C@@H]2CCc2ccc(Cl)cc2)CC1. The van der Waals surface area contributed by atoms with Gasteiger partial charge in [-0.3, -0.25) is 4.90 Å². The summed E-state index contributed by atoms with van der Waals surface area (Å²) in [6.45, 7) is 5.89. The van der Waals surface area contributed by atoms with Crippen molar-refractivity contribution >= 4 is 28.5 Å². The molecule has 2 aliphatic heterocycles. The number of aliphatic imine (C=N–C) groups is 1. The Balaban J connectivity index is 1.59. The molecule has 2 fully saturated rings. The standard InChI is InChI=1S/C21H29ClN4OS/c1-16-13-26(19-9-11-25(12-10-19)21(28-2)24-15-23)20(14-27-16)8-5-17-3-6-18(22)7-4-17/h3-4,6-7,16,19-20H,5,8-14H2,1-2H3/t16-,20-/m0/s1. The number of hydrogen-bond acceptors (Lipinski definition) is 5. The number of hydrogen-bond donors (Lipinski definition) is 0. The van der Waals surface area contributed by atoms with Gasteiger partial charge in [0.2, 0.25) is 6.19 Å². The number of thioether (sulfide) groups is 1. The number of likely N-dealkylation sites (tertiary alicyclic amines) is 1. The fourth-order valence-electron chi connectivity index (χ4n) is 4.23. The summed E-state index contributed by atoms with van der Waals surface area (Å²) >= 11 is 7.56. The summed E-state index contributed by atoms with van der Waals surface area (Å²) in [5.74, 6) is 0. The summed E-state index contributed by atoms with van der Waals surface area (Å²) in [5.41, 5.74) is 1.33. The zero-order chi connectivity index (χ0) is 19.9. The molecule has 0 amide bonds. The first-order valence-corrected chi connectivity index (χ1v) is 11.6. The summed E-state index contributed by atoms with van der Waals surface area (Å²) < 4.78 is 6.00. The highest BCUT2D eigenvalue weighted by Crippen LogP contribution is 2.26. The maximum atomic E-state index is 8.88. The predicted molar refractivity (Wildman–Crippen MR) is 117 cm³/mol. The van der Waals surface area contributed by atoms with Crippen LogP contribution in [0.15, 0.2) is 29.3 Å². The van der Waals surface area contributed by atoms with Gasteiger partial charge in [0.1, 0.15) is 0 Å². The maximum absolute atomic E-state index is 8.88. The van der Waals surface area contributed by atoms with Crippen LogP contribution in [0.1, 0.15) is 31.7 Å². The highest BCUT2D eigenvalue weighted by Gasteiger charge is 2.34. The lowest BCUT2D eigenvalue weighted by Gasteiger charge is -2.46. The first-order valence-electron chi connectivity index (χ1n) is 9.98. The van der Waals surface area contributed by atoms with E-state index in [-0.39, 0.29) is 6.10 Å². The Labute approximate surface area is 177 Å². The second kappa shape index (κ2) is 10.5. The van der Waals surface area contributed by atoms with Crippen LogP contribution in [-0.4, -0.2) is 65.7 Å². The van der Waals surface area contributed by atoms with E-state index in [0.29, 0.717) is 12.1 Å². The van der Waals surface area contributed by atoms with E-state index < -0.39 is 0 Å². The monoisotopic (exact) mass is 420 g/mol. The van der Waals surface area contributed by atoms with Crippen molar-refractivity contribution < 1.29 is 4.74 Å². The van der Waals surface area contributed by atoms with Gasteiger partial charge in [0.25, 0.3) is 0 Å². The summed E-state index contributed by atoms with van der Waals surface area (Å²) in [4.78, 5) is 8.90. The molecule has 0 aromatic heterocycles. The van der Waals surface area contributed by atoms with Crippen LogP contribution in [0.4, 0.5) is 0 Å². The Morgan fingerprint density at radius 1 is 1.32 bits per heavy atom. The first kappa shape index (κ1) is 21.4. The van der Waals surface area contributed by atoms with E-state index in [4.69, 9.17) is 21.6 Å². The van der Waals surface area contributed by atoms with E-state index >= 15 is 0 Å². The van der Waals surface area contributed by atoms with Crippen LogP contribution < -0.4 is 0 Å². The molecule has 5 nitrogen and oxygen atoms in total. The van der Waals surface area contributed by atoms with Crippen LogP contribution in [-0.2, 0) is 11.2 Å².